The van der Waals surface area contributed by atoms with Gasteiger partial charge in [0.2, 0.25) is 5.91 Å². The van der Waals surface area contributed by atoms with Gasteiger partial charge in [-0.25, -0.2) is 4.79 Å². The van der Waals surface area contributed by atoms with Gasteiger partial charge in [-0.05, 0) is 58.7 Å². The lowest BCUT2D eigenvalue weighted by Gasteiger charge is -2.23. The van der Waals surface area contributed by atoms with E-state index in [1.165, 1.54) is 180 Å². The summed E-state index contributed by atoms with van der Waals surface area (Å²) in [7, 11) is 4.25. The maximum absolute atomic E-state index is 13.0. The van der Waals surface area contributed by atoms with Gasteiger partial charge in [0.25, 0.3) is 0 Å². The van der Waals surface area contributed by atoms with Gasteiger partial charge in [-0.1, -0.05) is 220 Å². The second kappa shape index (κ2) is 43.3. The minimum atomic E-state index is -3.54. The molecule has 0 aliphatic rings. The Balaban J connectivity index is 0. The van der Waals surface area contributed by atoms with Gasteiger partial charge in [0.1, 0.15) is 0 Å². The molecule has 0 fully saturated rings. The van der Waals surface area contributed by atoms with Crippen LogP contribution in [0.25, 0.3) is 0 Å². The molecule has 0 radical (unpaired) electrons. The van der Waals surface area contributed by atoms with Gasteiger partial charge < -0.3 is 15.3 Å². The van der Waals surface area contributed by atoms with Crippen molar-refractivity contribution in [3.05, 3.63) is 0 Å². The van der Waals surface area contributed by atoms with E-state index in [1.54, 1.807) is 0 Å². The number of carbonyl (C=O) groups excluding carboxylic acids is 1. The summed E-state index contributed by atoms with van der Waals surface area (Å²) in [5, 5.41) is 11.6. The Morgan fingerprint density at radius 1 is 0.500 bits per heavy atom. The van der Waals surface area contributed by atoms with E-state index < -0.39 is 18.3 Å². The van der Waals surface area contributed by atoms with Crippen molar-refractivity contribution in [2.24, 2.45) is 11.8 Å². The molecule has 0 saturated heterocycles. The zero-order valence-electron chi connectivity index (χ0n) is 38.5. The van der Waals surface area contributed by atoms with Crippen LogP contribution in [0.3, 0.4) is 0 Å². The van der Waals surface area contributed by atoms with Gasteiger partial charge in [-0.2, -0.15) is 8.78 Å². The highest BCUT2D eigenvalue weighted by molar-refractivity contribution is 5.78. The van der Waals surface area contributed by atoms with Crippen LogP contribution < -0.4 is 5.32 Å². The first kappa shape index (κ1) is 56.9. The number of carboxylic acids is 1. The van der Waals surface area contributed by atoms with Crippen molar-refractivity contribution in [3.63, 3.8) is 0 Å². The van der Waals surface area contributed by atoms with Crippen molar-refractivity contribution in [1.29, 1.82) is 0 Å². The molecule has 7 heteroatoms. The number of alkyl halides is 2. The molecule has 0 heterocycles. The lowest BCUT2D eigenvalue weighted by Crippen LogP contribution is -2.33. The molecule has 1 unspecified atom stereocenters. The number of rotatable bonds is 42. The minimum Gasteiger partial charge on any atom is -0.477 e. The zero-order chi connectivity index (χ0) is 42.0. The number of hydrogen-bond donors (Lipinski definition) is 2. The number of nitrogens with zero attached hydrogens (tertiary/aromatic N) is 1. The fraction of sp³-hybridized carbons (Fsp3) is 0.959. The Bertz CT molecular complexity index is 813. The van der Waals surface area contributed by atoms with Crippen molar-refractivity contribution in [1.82, 2.24) is 10.2 Å². The summed E-state index contributed by atoms with van der Waals surface area (Å²) in [5.74, 6) is -4.22. The van der Waals surface area contributed by atoms with E-state index in [0.29, 0.717) is 18.7 Å². The Morgan fingerprint density at radius 3 is 1.23 bits per heavy atom. The van der Waals surface area contributed by atoms with E-state index >= 15 is 0 Å². The summed E-state index contributed by atoms with van der Waals surface area (Å²) >= 11 is 0. The third-order valence-corrected chi connectivity index (χ3v) is 11.6. The maximum atomic E-state index is 13.0. The van der Waals surface area contributed by atoms with Crippen molar-refractivity contribution >= 4 is 11.9 Å². The van der Waals surface area contributed by atoms with Crippen LogP contribution in [0, 0.1) is 11.8 Å². The molecule has 0 bridgehead atoms. The lowest BCUT2D eigenvalue weighted by atomic mass is 9.86. The topological polar surface area (TPSA) is 69.6 Å². The van der Waals surface area contributed by atoms with Gasteiger partial charge in [0.05, 0.1) is 0 Å². The van der Waals surface area contributed by atoms with Gasteiger partial charge in [0, 0.05) is 18.9 Å². The second-order valence-electron chi connectivity index (χ2n) is 17.6. The fourth-order valence-electron chi connectivity index (χ4n) is 7.67. The second-order valence-corrected chi connectivity index (χ2v) is 17.6. The minimum absolute atomic E-state index is 0.185. The molecule has 0 saturated carbocycles. The summed E-state index contributed by atoms with van der Waals surface area (Å²) in [6.07, 6.45) is 43.1. The predicted octanol–water partition coefficient (Wildman–Crippen LogP) is 15.7. The van der Waals surface area contributed by atoms with Crippen LogP contribution in [0.5, 0.6) is 0 Å². The predicted molar refractivity (Wildman–Crippen MR) is 240 cm³/mol. The molecule has 56 heavy (non-hydrogen) atoms. The van der Waals surface area contributed by atoms with Crippen molar-refractivity contribution < 1.29 is 23.5 Å². The molecule has 336 valence electrons. The highest BCUT2D eigenvalue weighted by Gasteiger charge is 2.37. The number of amides is 1. The molecule has 0 aliphatic heterocycles. The highest BCUT2D eigenvalue weighted by atomic mass is 19.3. The van der Waals surface area contributed by atoms with Crippen LogP contribution in [0.1, 0.15) is 259 Å². The van der Waals surface area contributed by atoms with Crippen LogP contribution in [0.4, 0.5) is 8.78 Å². The van der Waals surface area contributed by atoms with Crippen LogP contribution >= 0.6 is 0 Å². The van der Waals surface area contributed by atoms with Crippen LogP contribution in [0.2, 0.25) is 0 Å². The van der Waals surface area contributed by atoms with Gasteiger partial charge >= 0.3 is 11.9 Å². The van der Waals surface area contributed by atoms with E-state index in [9.17, 15) is 18.4 Å². The van der Waals surface area contributed by atoms with Crippen molar-refractivity contribution in [2.75, 3.05) is 27.2 Å². The largest absolute Gasteiger partial charge is 0.477 e. The van der Waals surface area contributed by atoms with Crippen LogP contribution in [0.15, 0.2) is 0 Å². The summed E-state index contributed by atoms with van der Waals surface area (Å²) in [4.78, 5) is 25.5. The number of nitrogens with one attached hydrogen (secondary N) is 1. The molecule has 0 rings (SSSR count). The number of hydrogen-bond acceptors (Lipinski definition) is 3. The van der Waals surface area contributed by atoms with Gasteiger partial charge in [-0.15, -0.1) is 0 Å². The Kier molecular flexibility index (Phi) is 44.0. The number of carboxylic acid groups (broad SMARTS) is 1. The molecular weight excluding hydrogens is 703 g/mol. The van der Waals surface area contributed by atoms with E-state index in [2.05, 4.69) is 52.0 Å². The Hall–Kier alpha value is -1.24. The molecule has 0 aromatic rings. The van der Waals surface area contributed by atoms with E-state index in [-0.39, 0.29) is 5.92 Å². The SMILES string of the molecule is CCCCCCCCCCCCCCCCC(F)(F)C(=O)O.CCCCCCCCCCNC(=O)C(CCC(CCCCCC)CCCCCC)CCN(C)C. The number of halogens is 2. The summed E-state index contributed by atoms with van der Waals surface area (Å²) in [6, 6.07) is 0. The molecule has 1 atom stereocenters. The number of aliphatic carboxylic acids is 1. The van der Waals surface area contributed by atoms with Crippen LogP contribution in [-0.4, -0.2) is 55.0 Å². The Morgan fingerprint density at radius 2 is 0.857 bits per heavy atom. The third kappa shape index (κ3) is 40.9. The quantitative estimate of drug-likeness (QED) is 0.0603. The van der Waals surface area contributed by atoms with E-state index in [1.807, 2.05) is 0 Å². The van der Waals surface area contributed by atoms with E-state index in [0.717, 1.165) is 51.1 Å². The molecule has 0 aliphatic carbocycles. The standard InChI is InChI=1S/C31H64N2O.C18H34F2O2/c1-6-9-12-15-16-17-18-21-27-32-31(34)30(26-28-33(4)5)25-24-29(22-19-13-10-7-2)23-20-14-11-8-3;1-2-3-4-5-6-7-8-9-10-11-12-13-14-15-16-18(19,20)17(21)22/h29-30H,6-28H2,1-5H3,(H,32,34);2-16H2,1H3,(H,21,22). The first-order chi connectivity index (χ1) is 27.0. The first-order valence-corrected chi connectivity index (χ1v) is 24.6. The van der Waals surface area contributed by atoms with Gasteiger partial charge in [-0.3, -0.25) is 4.79 Å². The molecule has 1 amide bonds. The lowest BCUT2D eigenvalue weighted by molar-refractivity contribution is -0.165. The molecule has 0 aromatic carbocycles. The average Bonchev–Trinajstić information content (AvgIpc) is 3.17. The normalized spacial score (nSPS) is 12.2. The monoisotopic (exact) mass is 801 g/mol. The summed E-state index contributed by atoms with van der Waals surface area (Å²) in [5.41, 5.74) is 0. The molecule has 0 aromatic heterocycles. The smallest absolute Gasteiger partial charge is 0.374 e. The number of unbranched alkanes of at least 4 members (excludes halogenated alkanes) is 26. The molecule has 2 N–H and O–H groups in total. The highest BCUT2D eigenvalue weighted by Crippen LogP contribution is 2.27. The van der Waals surface area contributed by atoms with Crippen LogP contribution in [-0.2, 0) is 9.59 Å². The third-order valence-electron chi connectivity index (χ3n) is 11.6. The van der Waals surface area contributed by atoms with E-state index in [4.69, 9.17) is 5.11 Å². The molecule has 0 spiro atoms. The Labute approximate surface area is 348 Å². The van der Waals surface area contributed by atoms with Gasteiger partial charge in [0.15, 0.2) is 0 Å². The molecule has 5 nitrogen and oxygen atoms in total. The number of carbonyl (C=O) groups is 2. The molecular formula is C49H98F2N2O3. The fourth-order valence-corrected chi connectivity index (χ4v) is 7.67. The summed E-state index contributed by atoms with van der Waals surface area (Å²) < 4.78 is 25.6. The first-order valence-electron chi connectivity index (χ1n) is 24.6. The summed E-state index contributed by atoms with van der Waals surface area (Å²) in [6.45, 7) is 11.0. The average molecular weight is 801 g/mol. The zero-order valence-corrected chi connectivity index (χ0v) is 38.5. The van der Waals surface area contributed by atoms with Crippen molar-refractivity contribution in [2.45, 2.75) is 265 Å². The maximum Gasteiger partial charge on any atom is 0.374 e. The van der Waals surface area contributed by atoms with Crippen molar-refractivity contribution in [3.8, 4) is 0 Å².